The number of aromatic nitrogens is 1. The smallest absolute Gasteiger partial charge is 0.235 e. The topological polar surface area (TPSA) is 75.4 Å². The van der Waals surface area contributed by atoms with Crippen LogP contribution in [0, 0.1) is 0 Å². The van der Waals surface area contributed by atoms with Crippen LogP contribution in [0.5, 0.6) is 0 Å². The molecule has 2 amide bonds. The molecule has 1 N–H and O–H groups in total. The van der Waals surface area contributed by atoms with Crippen LogP contribution in [-0.4, -0.2) is 36.0 Å². The highest BCUT2D eigenvalue weighted by atomic mass is 16.5. The van der Waals surface area contributed by atoms with E-state index in [1.165, 1.54) is 5.56 Å². The Kier molecular flexibility index (Phi) is 3.77. The van der Waals surface area contributed by atoms with E-state index in [0.29, 0.717) is 24.1 Å². The van der Waals surface area contributed by atoms with Crippen LogP contribution in [0.4, 0.5) is 0 Å². The first-order valence-electron chi connectivity index (χ1n) is 8.32. The van der Waals surface area contributed by atoms with Gasteiger partial charge in [0.1, 0.15) is 5.69 Å². The zero-order valence-electron chi connectivity index (χ0n) is 14.2. The van der Waals surface area contributed by atoms with Gasteiger partial charge >= 0.3 is 0 Å². The fraction of sp³-hybridized carbons (Fsp3) is 0.316. The van der Waals surface area contributed by atoms with Crippen LogP contribution >= 0.6 is 0 Å². The number of carbonyl (C=O) groups excluding carboxylic acids is 2. The van der Waals surface area contributed by atoms with Crippen LogP contribution in [0.3, 0.4) is 0 Å². The van der Waals surface area contributed by atoms with Gasteiger partial charge in [0.15, 0.2) is 5.58 Å². The summed E-state index contributed by atoms with van der Waals surface area (Å²) in [5.74, 6) is -0.981. The van der Waals surface area contributed by atoms with Crippen LogP contribution < -0.4 is 5.32 Å². The number of nitrogens with zero attached hydrogens (tertiary/aromatic N) is 2. The number of benzene rings is 2. The zero-order valence-corrected chi connectivity index (χ0v) is 14.2. The van der Waals surface area contributed by atoms with Crippen molar-refractivity contribution in [3.05, 3.63) is 41.6 Å². The van der Waals surface area contributed by atoms with Gasteiger partial charge in [-0.15, -0.1) is 0 Å². The monoisotopic (exact) mass is 337 g/mol. The lowest BCUT2D eigenvalue weighted by Gasteiger charge is -2.19. The average Bonchev–Trinajstić information content (AvgIpc) is 2.98. The summed E-state index contributed by atoms with van der Waals surface area (Å²) in [6.07, 6.45) is 0.782. The number of piperidine rings is 1. The highest BCUT2D eigenvalue weighted by Gasteiger charge is 2.32. The van der Waals surface area contributed by atoms with E-state index in [-0.39, 0.29) is 11.8 Å². The molecule has 0 spiro atoms. The van der Waals surface area contributed by atoms with E-state index in [2.05, 4.69) is 33.6 Å². The van der Waals surface area contributed by atoms with Crippen molar-refractivity contribution in [2.75, 3.05) is 14.1 Å². The predicted octanol–water partition coefficient (Wildman–Crippen LogP) is 2.56. The van der Waals surface area contributed by atoms with Gasteiger partial charge in [0, 0.05) is 13.0 Å². The molecule has 1 aliphatic rings. The highest BCUT2D eigenvalue weighted by molar-refractivity contribution is 6.10. The number of rotatable bonds is 3. The molecule has 4 rings (SSSR count). The summed E-state index contributed by atoms with van der Waals surface area (Å²) < 4.78 is 5.46. The molecule has 1 atom stereocenters. The van der Waals surface area contributed by atoms with Crippen molar-refractivity contribution in [2.45, 2.75) is 25.3 Å². The van der Waals surface area contributed by atoms with E-state index in [0.717, 1.165) is 22.7 Å². The molecule has 0 bridgehead atoms. The fourth-order valence-corrected chi connectivity index (χ4v) is 3.50. The summed E-state index contributed by atoms with van der Waals surface area (Å²) >= 11 is 0. The lowest BCUT2D eigenvalue weighted by molar-refractivity contribution is -0.134. The summed E-state index contributed by atoms with van der Waals surface area (Å²) in [6, 6.07) is 10.2. The molecule has 1 aliphatic heterocycles. The second-order valence-corrected chi connectivity index (χ2v) is 6.80. The Balaban J connectivity index is 1.84. The number of hydrogen-bond donors (Lipinski definition) is 1. The molecule has 0 radical (unpaired) electrons. The number of carbonyl (C=O) groups is 2. The molecule has 0 aliphatic carbocycles. The Morgan fingerprint density at radius 1 is 1.24 bits per heavy atom. The molecule has 0 unspecified atom stereocenters. The van der Waals surface area contributed by atoms with Gasteiger partial charge in [-0.3, -0.25) is 14.9 Å². The van der Waals surface area contributed by atoms with Crippen molar-refractivity contribution in [2.24, 2.45) is 0 Å². The number of fused-ring (bicyclic) bond motifs is 3. The van der Waals surface area contributed by atoms with Gasteiger partial charge in [-0.05, 0) is 49.0 Å². The lowest BCUT2D eigenvalue weighted by Crippen LogP contribution is -2.39. The SMILES string of the molecule is CN(C)Cc1ccc2c(ccc3onc([C@@H]4CCC(=O)NC4=O)c32)c1. The highest BCUT2D eigenvalue weighted by Crippen LogP contribution is 2.35. The maximum Gasteiger partial charge on any atom is 0.235 e. The maximum absolute atomic E-state index is 12.2. The maximum atomic E-state index is 12.2. The first-order valence-corrected chi connectivity index (χ1v) is 8.32. The van der Waals surface area contributed by atoms with Gasteiger partial charge < -0.3 is 9.42 Å². The minimum atomic E-state index is -0.453. The van der Waals surface area contributed by atoms with Gasteiger partial charge in [-0.2, -0.15) is 0 Å². The van der Waals surface area contributed by atoms with E-state index < -0.39 is 5.92 Å². The molecule has 128 valence electrons. The standard InChI is InChI=1S/C19H19N3O3/c1-22(2)10-11-3-5-13-12(9-11)4-7-15-17(13)18(21-25-15)14-6-8-16(23)20-19(14)24/h3-5,7,9,14H,6,8,10H2,1-2H3,(H,20,23,24)/t14-/m0/s1. The Hall–Kier alpha value is -2.73. The van der Waals surface area contributed by atoms with Crippen molar-refractivity contribution < 1.29 is 14.1 Å². The molecular weight excluding hydrogens is 318 g/mol. The molecule has 2 aromatic carbocycles. The van der Waals surface area contributed by atoms with Crippen molar-refractivity contribution in [3.8, 4) is 0 Å². The average molecular weight is 337 g/mol. The van der Waals surface area contributed by atoms with Crippen LogP contribution in [-0.2, 0) is 16.1 Å². The third kappa shape index (κ3) is 2.78. The molecule has 6 nitrogen and oxygen atoms in total. The fourth-order valence-electron chi connectivity index (χ4n) is 3.50. The summed E-state index contributed by atoms with van der Waals surface area (Å²) in [5.41, 5.74) is 2.49. The van der Waals surface area contributed by atoms with E-state index in [1.807, 2.05) is 26.2 Å². The first kappa shape index (κ1) is 15.8. The molecule has 25 heavy (non-hydrogen) atoms. The van der Waals surface area contributed by atoms with Crippen molar-refractivity contribution >= 4 is 33.6 Å². The summed E-state index contributed by atoms with van der Waals surface area (Å²) in [6.45, 7) is 0.859. The Morgan fingerprint density at radius 2 is 2.08 bits per heavy atom. The van der Waals surface area contributed by atoms with E-state index in [9.17, 15) is 9.59 Å². The number of hydrogen-bond acceptors (Lipinski definition) is 5. The normalized spacial score (nSPS) is 18.3. The second kappa shape index (κ2) is 5.97. The van der Waals surface area contributed by atoms with E-state index in [4.69, 9.17) is 4.52 Å². The summed E-state index contributed by atoms with van der Waals surface area (Å²) in [7, 11) is 4.07. The minimum Gasteiger partial charge on any atom is -0.356 e. The minimum absolute atomic E-state index is 0.229. The van der Waals surface area contributed by atoms with Crippen LogP contribution in [0.1, 0.15) is 30.0 Å². The van der Waals surface area contributed by atoms with Gasteiger partial charge in [0.2, 0.25) is 11.8 Å². The molecule has 2 heterocycles. The summed E-state index contributed by atoms with van der Waals surface area (Å²) in [4.78, 5) is 25.8. The molecular formula is C19H19N3O3. The zero-order chi connectivity index (χ0) is 17.6. The van der Waals surface area contributed by atoms with Crippen molar-refractivity contribution in [3.63, 3.8) is 0 Å². The number of amides is 2. The predicted molar refractivity (Wildman–Crippen MR) is 94.0 cm³/mol. The molecule has 1 saturated heterocycles. The number of nitrogens with one attached hydrogen (secondary N) is 1. The van der Waals surface area contributed by atoms with Gasteiger partial charge in [0.25, 0.3) is 0 Å². The van der Waals surface area contributed by atoms with E-state index in [1.54, 1.807) is 0 Å². The van der Waals surface area contributed by atoms with Gasteiger partial charge in [-0.1, -0.05) is 23.4 Å². The molecule has 1 fully saturated rings. The second-order valence-electron chi connectivity index (χ2n) is 6.80. The molecule has 1 aromatic heterocycles. The lowest BCUT2D eigenvalue weighted by atomic mass is 9.91. The Bertz CT molecular complexity index is 990. The van der Waals surface area contributed by atoms with E-state index >= 15 is 0 Å². The third-order valence-corrected chi connectivity index (χ3v) is 4.61. The Labute approximate surface area is 144 Å². The molecule has 3 aromatic rings. The van der Waals surface area contributed by atoms with Crippen molar-refractivity contribution in [1.82, 2.24) is 15.4 Å². The molecule has 6 heteroatoms. The quantitative estimate of drug-likeness (QED) is 0.744. The van der Waals surface area contributed by atoms with Crippen LogP contribution in [0.25, 0.3) is 21.7 Å². The Morgan fingerprint density at radius 3 is 2.84 bits per heavy atom. The third-order valence-electron chi connectivity index (χ3n) is 4.61. The molecule has 0 saturated carbocycles. The van der Waals surface area contributed by atoms with Gasteiger partial charge in [0.05, 0.1) is 11.3 Å². The van der Waals surface area contributed by atoms with Crippen LogP contribution in [0.15, 0.2) is 34.9 Å². The van der Waals surface area contributed by atoms with Gasteiger partial charge in [-0.25, -0.2) is 0 Å². The largest absolute Gasteiger partial charge is 0.356 e. The number of imide groups is 1. The first-order chi connectivity index (χ1) is 12.0. The summed E-state index contributed by atoms with van der Waals surface area (Å²) in [5, 5.41) is 9.52. The van der Waals surface area contributed by atoms with Crippen LogP contribution in [0.2, 0.25) is 0 Å². The van der Waals surface area contributed by atoms with Crippen molar-refractivity contribution in [1.29, 1.82) is 0 Å².